The average molecular weight is 453 g/mol. The fourth-order valence-electron chi connectivity index (χ4n) is 1.76. The molecule has 1 aromatic rings. The molecule has 0 saturated carbocycles. The van der Waals surface area contributed by atoms with E-state index in [1.165, 1.54) is 12.1 Å². The number of halogens is 6. The lowest BCUT2D eigenvalue weighted by atomic mass is 10.2. The summed E-state index contributed by atoms with van der Waals surface area (Å²) in [6.45, 7) is -0.184. The van der Waals surface area contributed by atoms with Crippen LogP contribution in [0.15, 0.2) is 22.4 Å². The summed E-state index contributed by atoms with van der Waals surface area (Å²) < 4.78 is 14.7. The Kier molecular flexibility index (Phi) is 10.4. The van der Waals surface area contributed by atoms with Gasteiger partial charge >= 0.3 is 10.4 Å². The van der Waals surface area contributed by atoms with Crippen LogP contribution in [0.2, 0.25) is 15.1 Å². The van der Waals surface area contributed by atoms with E-state index in [9.17, 15) is 9.18 Å². The minimum atomic E-state index is -2.22. The molecule has 0 saturated heterocycles. The summed E-state index contributed by atoms with van der Waals surface area (Å²) in [5.41, 5.74) is 0.0825. The van der Waals surface area contributed by atoms with Crippen LogP contribution in [0.25, 0.3) is 0 Å². The van der Waals surface area contributed by atoms with Crippen LogP contribution in [0.3, 0.4) is 0 Å². The Morgan fingerprint density at radius 1 is 1.04 bits per heavy atom. The van der Waals surface area contributed by atoms with E-state index in [1.54, 1.807) is 0 Å². The van der Waals surface area contributed by atoms with E-state index >= 15 is 0 Å². The third-order valence-corrected chi connectivity index (χ3v) is 4.27. The van der Waals surface area contributed by atoms with Crippen molar-refractivity contribution in [2.45, 2.75) is 36.6 Å². The molecular weight excluding hydrogens is 436 g/mol. The Bertz CT molecular complexity index is 591. The van der Waals surface area contributed by atoms with Crippen molar-refractivity contribution in [3.8, 4) is 0 Å². The first-order chi connectivity index (χ1) is 11.8. The first-order valence-corrected chi connectivity index (χ1v) is 9.35. The molecule has 25 heavy (non-hydrogen) atoms. The molecule has 0 aliphatic heterocycles. The van der Waals surface area contributed by atoms with Gasteiger partial charge in [-0.25, -0.2) is 4.79 Å². The van der Waals surface area contributed by atoms with Gasteiger partial charge in [0.25, 0.3) is 0 Å². The summed E-state index contributed by atoms with van der Waals surface area (Å²) in [6.07, 6.45) is 3.64. The third-order valence-electron chi connectivity index (χ3n) is 3.01. The number of unbranched alkanes of at least 4 members (excludes halogenated alkanes) is 4. The smallest absolute Gasteiger partial charge is 0.367 e. The lowest BCUT2D eigenvalue weighted by molar-refractivity contribution is -0.144. The molecule has 140 valence electrons. The summed E-state index contributed by atoms with van der Waals surface area (Å²) >= 11 is 29.3. The molecule has 0 radical (unpaired) electrons. The molecule has 0 fully saturated rings. The standard InChI is InChI=1S/C15H16Cl5FN2O2/c16-10-8-11(17)13(12(18)9-10)22-23-15(19,20)14(24)25-7-5-3-1-2-4-6-21/h8-9H,1-7H2/b23-22+. The van der Waals surface area contributed by atoms with Crippen molar-refractivity contribution >= 4 is 69.7 Å². The summed E-state index contributed by atoms with van der Waals surface area (Å²) in [4.78, 5) is 11.9. The molecule has 0 spiro atoms. The zero-order valence-electron chi connectivity index (χ0n) is 13.1. The second-order valence-electron chi connectivity index (χ2n) is 5.05. The molecule has 10 heteroatoms. The second-order valence-corrected chi connectivity index (χ2v) is 7.59. The van der Waals surface area contributed by atoms with Gasteiger partial charge in [0.2, 0.25) is 0 Å². The Hall–Kier alpha value is -0.330. The first-order valence-electron chi connectivity index (χ1n) is 7.46. The van der Waals surface area contributed by atoms with Crippen molar-refractivity contribution in [1.29, 1.82) is 0 Å². The minimum Gasteiger partial charge on any atom is -0.462 e. The van der Waals surface area contributed by atoms with Crippen molar-refractivity contribution in [2.24, 2.45) is 10.2 Å². The highest BCUT2D eigenvalue weighted by molar-refractivity contribution is 6.57. The maximum atomic E-state index is 11.9. The predicted octanol–water partition coefficient (Wildman–Crippen LogP) is 7.33. The lowest BCUT2D eigenvalue weighted by Gasteiger charge is -2.12. The number of ether oxygens (including phenoxy) is 1. The lowest BCUT2D eigenvalue weighted by Crippen LogP contribution is -2.26. The van der Waals surface area contributed by atoms with Crippen LogP contribution in [-0.4, -0.2) is 23.7 Å². The molecular formula is C15H16Cl5FN2O2. The van der Waals surface area contributed by atoms with Gasteiger partial charge in [-0.05, 0) is 25.0 Å². The molecule has 0 aromatic heterocycles. The minimum absolute atomic E-state index is 0.0825. The molecule has 0 N–H and O–H groups in total. The van der Waals surface area contributed by atoms with Gasteiger partial charge in [0.05, 0.1) is 23.3 Å². The van der Waals surface area contributed by atoms with Crippen LogP contribution in [0.4, 0.5) is 10.1 Å². The number of benzene rings is 1. The van der Waals surface area contributed by atoms with Crippen LogP contribution in [0, 0.1) is 0 Å². The Labute approximate surface area is 170 Å². The number of esters is 1. The number of hydrogen-bond donors (Lipinski definition) is 0. The fourth-order valence-corrected chi connectivity index (χ4v) is 2.84. The summed E-state index contributed by atoms with van der Waals surface area (Å²) in [7, 11) is 0. The van der Waals surface area contributed by atoms with Crippen LogP contribution in [0.1, 0.15) is 32.1 Å². The van der Waals surface area contributed by atoms with Gasteiger partial charge in [-0.3, -0.25) is 4.39 Å². The number of nitrogens with zero attached hydrogens (tertiary/aromatic N) is 2. The monoisotopic (exact) mass is 450 g/mol. The Balaban J connectivity index is 2.52. The van der Waals surface area contributed by atoms with Gasteiger partial charge in [0.15, 0.2) is 0 Å². The number of rotatable bonds is 10. The highest BCUT2D eigenvalue weighted by atomic mass is 35.5. The number of azo groups is 1. The summed E-state index contributed by atoms with van der Waals surface area (Å²) in [5, 5.41) is 7.85. The zero-order valence-corrected chi connectivity index (χ0v) is 16.9. The highest BCUT2D eigenvalue weighted by Gasteiger charge is 2.36. The molecule has 1 aromatic carbocycles. The van der Waals surface area contributed by atoms with E-state index in [2.05, 4.69) is 10.2 Å². The van der Waals surface area contributed by atoms with Crippen molar-refractivity contribution in [2.75, 3.05) is 13.3 Å². The highest BCUT2D eigenvalue weighted by Crippen LogP contribution is 2.37. The number of hydrogen-bond acceptors (Lipinski definition) is 4. The molecule has 0 amide bonds. The van der Waals surface area contributed by atoms with E-state index in [1.807, 2.05) is 0 Å². The summed E-state index contributed by atoms with van der Waals surface area (Å²) in [6, 6.07) is 2.82. The van der Waals surface area contributed by atoms with E-state index in [-0.39, 0.29) is 29.0 Å². The van der Waals surface area contributed by atoms with E-state index in [4.69, 9.17) is 62.7 Å². The van der Waals surface area contributed by atoms with Gasteiger partial charge in [-0.15, -0.1) is 10.2 Å². The van der Waals surface area contributed by atoms with E-state index in [0.717, 1.165) is 19.3 Å². The van der Waals surface area contributed by atoms with Crippen molar-refractivity contribution in [3.63, 3.8) is 0 Å². The third kappa shape index (κ3) is 8.27. The van der Waals surface area contributed by atoms with Crippen molar-refractivity contribution < 1.29 is 13.9 Å². The van der Waals surface area contributed by atoms with E-state index in [0.29, 0.717) is 17.9 Å². The molecule has 0 bridgehead atoms. The van der Waals surface area contributed by atoms with E-state index < -0.39 is 10.4 Å². The number of alkyl halides is 3. The average Bonchev–Trinajstić information content (AvgIpc) is 2.52. The maximum Gasteiger partial charge on any atom is 0.367 e. The van der Waals surface area contributed by atoms with Crippen molar-refractivity contribution in [3.05, 3.63) is 27.2 Å². The van der Waals surface area contributed by atoms with Crippen LogP contribution >= 0.6 is 58.0 Å². The van der Waals surface area contributed by atoms with Crippen molar-refractivity contribution in [1.82, 2.24) is 0 Å². The van der Waals surface area contributed by atoms with Crippen LogP contribution in [-0.2, 0) is 9.53 Å². The Morgan fingerprint density at radius 3 is 2.20 bits per heavy atom. The van der Waals surface area contributed by atoms with Gasteiger partial charge in [0, 0.05) is 5.02 Å². The molecule has 0 aliphatic carbocycles. The molecule has 4 nitrogen and oxygen atoms in total. The zero-order chi connectivity index (χ0) is 18.9. The number of carbonyl (C=O) groups excluding carboxylic acids is 1. The van der Waals surface area contributed by atoms with Gasteiger partial charge < -0.3 is 4.74 Å². The fraction of sp³-hybridized carbons (Fsp3) is 0.533. The maximum absolute atomic E-state index is 11.9. The predicted molar refractivity (Wildman–Crippen MR) is 100 cm³/mol. The van der Waals surface area contributed by atoms with Gasteiger partial charge in [-0.1, -0.05) is 77.3 Å². The van der Waals surface area contributed by atoms with Crippen LogP contribution < -0.4 is 0 Å². The summed E-state index contributed by atoms with van der Waals surface area (Å²) in [5.74, 6) is -0.954. The molecule has 0 heterocycles. The second kappa shape index (κ2) is 11.4. The SMILES string of the molecule is O=C(OCCCCCCCF)C(Cl)(Cl)/N=N/c1c(Cl)cc(Cl)cc1Cl. The molecule has 0 unspecified atom stereocenters. The molecule has 0 aliphatic rings. The van der Waals surface area contributed by atoms with Gasteiger partial charge in [0.1, 0.15) is 5.69 Å². The quantitative estimate of drug-likeness (QED) is 0.123. The normalized spacial score (nSPS) is 11.9. The first kappa shape index (κ1) is 22.7. The number of carbonyl (C=O) groups is 1. The molecule has 0 atom stereocenters. The van der Waals surface area contributed by atoms with Crippen LogP contribution in [0.5, 0.6) is 0 Å². The van der Waals surface area contributed by atoms with Gasteiger partial charge in [-0.2, -0.15) is 0 Å². The molecule has 1 rings (SSSR count). The largest absolute Gasteiger partial charge is 0.462 e. The topological polar surface area (TPSA) is 51.0 Å². The Morgan fingerprint density at radius 2 is 1.60 bits per heavy atom.